The lowest BCUT2D eigenvalue weighted by Gasteiger charge is -2.23. The van der Waals surface area contributed by atoms with Gasteiger partial charge in [-0.1, -0.05) is 24.3 Å². The molecule has 0 saturated carbocycles. The molecule has 0 aliphatic rings. The topological polar surface area (TPSA) is 56.1 Å². The van der Waals surface area contributed by atoms with Crippen molar-refractivity contribution < 1.29 is 14.3 Å². The number of methoxy groups -OCH3 is 2. The van der Waals surface area contributed by atoms with Gasteiger partial charge in [0, 0.05) is 17.4 Å². The lowest BCUT2D eigenvalue weighted by atomic mass is 10.1. The van der Waals surface area contributed by atoms with Gasteiger partial charge in [-0.15, -0.1) is 0 Å². The number of hydrogen-bond acceptors (Lipinski definition) is 4. The van der Waals surface area contributed by atoms with Crippen molar-refractivity contribution in [3.63, 3.8) is 0 Å². The van der Waals surface area contributed by atoms with Gasteiger partial charge in [0.2, 0.25) is 0 Å². The van der Waals surface area contributed by atoms with E-state index in [4.69, 9.17) is 9.47 Å². The highest BCUT2D eigenvalue weighted by molar-refractivity contribution is 6.06. The number of pyridine rings is 1. The van der Waals surface area contributed by atoms with Crippen LogP contribution in [0.3, 0.4) is 0 Å². The number of imidazole rings is 1. The zero-order valence-electron chi connectivity index (χ0n) is 16.3. The summed E-state index contributed by atoms with van der Waals surface area (Å²) in [6, 6.07) is 20.6. The smallest absolute Gasteiger partial charge is 0.258 e. The number of carbonyl (C=O) groups excluding carboxylic acids is 1. The highest BCUT2D eigenvalue weighted by atomic mass is 16.5. The summed E-state index contributed by atoms with van der Waals surface area (Å²) in [6.45, 7) is 0.377. The normalized spacial score (nSPS) is 10.7. The van der Waals surface area contributed by atoms with E-state index >= 15 is 0 Å². The van der Waals surface area contributed by atoms with Crippen molar-refractivity contribution in [1.82, 2.24) is 9.38 Å². The predicted molar refractivity (Wildman–Crippen MR) is 112 cm³/mol. The maximum atomic E-state index is 13.5. The number of fused-ring (bicyclic) bond motifs is 1. The molecule has 29 heavy (non-hydrogen) atoms. The Hall–Kier alpha value is -3.80. The Morgan fingerprint density at radius 2 is 1.72 bits per heavy atom. The van der Waals surface area contributed by atoms with Crippen LogP contribution in [-0.4, -0.2) is 29.5 Å². The molecule has 1 amide bonds. The van der Waals surface area contributed by atoms with E-state index in [1.54, 1.807) is 43.5 Å². The van der Waals surface area contributed by atoms with Crippen molar-refractivity contribution in [2.45, 2.75) is 6.54 Å². The number of amides is 1. The van der Waals surface area contributed by atoms with Crippen LogP contribution in [0.15, 0.2) is 79.1 Å². The largest absolute Gasteiger partial charge is 0.493 e. The minimum atomic E-state index is -0.136. The summed E-state index contributed by atoms with van der Waals surface area (Å²) in [4.78, 5) is 19.6. The third kappa shape index (κ3) is 3.65. The molecule has 6 heteroatoms. The Morgan fingerprint density at radius 1 is 0.966 bits per heavy atom. The molecule has 4 aromatic rings. The molecule has 0 fully saturated rings. The molecule has 6 nitrogen and oxygen atoms in total. The van der Waals surface area contributed by atoms with Crippen LogP contribution in [0.1, 0.15) is 16.1 Å². The molecule has 0 unspecified atom stereocenters. The van der Waals surface area contributed by atoms with Crippen molar-refractivity contribution >= 4 is 17.2 Å². The number of hydrogen-bond donors (Lipinski definition) is 0. The third-order valence-corrected chi connectivity index (χ3v) is 4.76. The minimum absolute atomic E-state index is 0.136. The number of para-hydroxylation sites is 1. The molecule has 0 spiro atoms. The first-order valence-corrected chi connectivity index (χ1v) is 9.21. The third-order valence-electron chi connectivity index (χ3n) is 4.76. The van der Waals surface area contributed by atoms with Crippen molar-refractivity contribution in [2.75, 3.05) is 19.1 Å². The summed E-state index contributed by atoms with van der Waals surface area (Å²) in [6.07, 6.45) is 3.74. The molecular formula is C23H21N3O3. The van der Waals surface area contributed by atoms with Crippen molar-refractivity contribution in [3.8, 4) is 11.5 Å². The molecule has 0 radical (unpaired) electrons. The van der Waals surface area contributed by atoms with E-state index in [0.29, 0.717) is 23.6 Å². The molecule has 2 aromatic heterocycles. The number of benzene rings is 2. The molecule has 2 aromatic carbocycles. The monoisotopic (exact) mass is 387 g/mol. The zero-order chi connectivity index (χ0) is 20.2. The molecule has 0 atom stereocenters. The Kier molecular flexibility index (Phi) is 5.16. The van der Waals surface area contributed by atoms with Crippen molar-refractivity contribution in [2.24, 2.45) is 0 Å². The predicted octanol–water partition coefficient (Wildman–Crippen LogP) is 4.20. The van der Waals surface area contributed by atoms with Crippen molar-refractivity contribution in [1.29, 1.82) is 0 Å². The van der Waals surface area contributed by atoms with Crippen LogP contribution in [0.25, 0.3) is 5.65 Å². The Labute approximate surface area is 168 Å². The standard InChI is InChI=1S/C23H21N3O3/c1-28-20-12-11-17(14-21(20)29-2)23(27)26(18-8-4-3-5-9-18)16-19-15-24-22-10-6-7-13-25(19)22/h3-15H,16H2,1-2H3. The average Bonchev–Trinajstić information content (AvgIpc) is 3.20. The van der Waals surface area contributed by atoms with Crippen LogP contribution in [0.2, 0.25) is 0 Å². The van der Waals surface area contributed by atoms with Gasteiger partial charge in [-0.05, 0) is 42.5 Å². The van der Waals surface area contributed by atoms with E-state index in [9.17, 15) is 4.79 Å². The van der Waals surface area contributed by atoms with Gasteiger partial charge < -0.3 is 18.8 Å². The minimum Gasteiger partial charge on any atom is -0.493 e. The summed E-state index contributed by atoms with van der Waals surface area (Å²) in [7, 11) is 3.12. The van der Waals surface area contributed by atoms with Crippen LogP contribution >= 0.6 is 0 Å². The lowest BCUT2D eigenvalue weighted by molar-refractivity contribution is 0.0984. The fourth-order valence-corrected chi connectivity index (χ4v) is 3.28. The van der Waals surface area contributed by atoms with Gasteiger partial charge in [-0.25, -0.2) is 4.98 Å². The second-order valence-electron chi connectivity index (χ2n) is 6.47. The highest BCUT2D eigenvalue weighted by Gasteiger charge is 2.21. The highest BCUT2D eigenvalue weighted by Crippen LogP contribution is 2.29. The van der Waals surface area contributed by atoms with E-state index in [1.165, 1.54) is 0 Å². The summed E-state index contributed by atoms with van der Waals surface area (Å²) in [5, 5.41) is 0. The molecule has 0 aliphatic carbocycles. The molecule has 0 saturated heterocycles. The first-order chi connectivity index (χ1) is 14.2. The molecule has 4 rings (SSSR count). The van der Waals surface area contributed by atoms with Gasteiger partial charge in [0.05, 0.1) is 32.7 Å². The number of anilines is 1. The van der Waals surface area contributed by atoms with E-state index < -0.39 is 0 Å². The molecule has 0 bridgehead atoms. The number of ether oxygens (including phenoxy) is 2. The second-order valence-corrected chi connectivity index (χ2v) is 6.47. The van der Waals surface area contributed by atoms with Gasteiger partial charge in [-0.3, -0.25) is 4.79 Å². The first kappa shape index (κ1) is 18.6. The van der Waals surface area contributed by atoms with E-state index in [0.717, 1.165) is 17.0 Å². The Morgan fingerprint density at radius 3 is 2.48 bits per heavy atom. The fraction of sp³-hybridized carbons (Fsp3) is 0.130. The summed E-state index contributed by atoms with van der Waals surface area (Å²) in [5.74, 6) is 0.960. The first-order valence-electron chi connectivity index (χ1n) is 9.21. The molecule has 146 valence electrons. The van der Waals surface area contributed by atoms with Crippen LogP contribution in [0.4, 0.5) is 5.69 Å². The maximum absolute atomic E-state index is 13.5. The van der Waals surface area contributed by atoms with E-state index in [1.807, 2.05) is 59.1 Å². The fourth-order valence-electron chi connectivity index (χ4n) is 3.28. The zero-order valence-corrected chi connectivity index (χ0v) is 16.3. The van der Waals surface area contributed by atoms with Gasteiger partial charge in [0.25, 0.3) is 5.91 Å². The van der Waals surface area contributed by atoms with Gasteiger partial charge in [0.1, 0.15) is 5.65 Å². The van der Waals surface area contributed by atoms with Crippen LogP contribution in [0, 0.1) is 0 Å². The summed E-state index contributed by atoms with van der Waals surface area (Å²) < 4.78 is 12.6. The van der Waals surface area contributed by atoms with Crippen molar-refractivity contribution in [3.05, 3.63) is 90.4 Å². The van der Waals surface area contributed by atoms with Gasteiger partial charge >= 0.3 is 0 Å². The SMILES string of the molecule is COc1ccc(C(=O)N(Cc2cnc3ccccn23)c2ccccc2)cc1OC. The number of aromatic nitrogens is 2. The Balaban J connectivity index is 1.74. The molecule has 0 aliphatic heterocycles. The number of rotatable bonds is 6. The van der Waals surface area contributed by atoms with Gasteiger partial charge in [-0.2, -0.15) is 0 Å². The van der Waals surface area contributed by atoms with Crippen LogP contribution in [0.5, 0.6) is 11.5 Å². The Bertz CT molecular complexity index is 1140. The number of carbonyl (C=O) groups is 1. The lowest BCUT2D eigenvalue weighted by Crippen LogP contribution is -2.31. The van der Waals surface area contributed by atoms with Gasteiger partial charge in [0.15, 0.2) is 11.5 Å². The average molecular weight is 387 g/mol. The molecule has 2 heterocycles. The molecule has 0 N–H and O–H groups in total. The number of nitrogens with zero attached hydrogens (tertiary/aromatic N) is 3. The van der Waals surface area contributed by atoms with Crippen LogP contribution in [-0.2, 0) is 6.54 Å². The molecular weight excluding hydrogens is 366 g/mol. The van der Waals surface area contributed by atoms with E-state index in [-0.39, 0.29) is 5.91 Å². The quantitative estimate of drug-likeness (QED) is 0.498. The summed E-state index contributed by atoms with van der Waals surface area (Å²) >= 11 is 0. The maximum Gasteiger partial charge on any atom is 0.258 e. The second kappa shape index (κ2) is 8.06. The summed E-state index contributed by atoms with van der Waals surface area (Å²) in [5.41, 5.74) is 3.07. The van der Waals surface area contributed by atoms with E-state index in [2.05, 4.69) is 4.98 Å². The van der Waals surface area contributed by atoms with Crippen LogP contribution < -0.4 is 14.4 Å².